The van der Waals surface area contributed by atoms with Crippen molar-refractivity contribution in [3.8, 4) is 0 Å². The van der Waals surface area contributed by atoms with E-state index in [9.17, 15) is 4.79 Å². The predicted molar refractivity (Wildman–Crippen MR) is 70.8 cm³/mol. The highest BCUT2D eigenvalue weighted by atomic mass is 16.4. The van der Waals surface area contributed by atoms with Crippen molar-refractivity contribution in [3.05, 3.63) is 66.3 Å². The molecule has 0 aliphatic heterocycles. The summed E-state index contributed by atoms with van der Waals surface area (Å²) in [6.07, 6.45) is 10.1. The maximum absolute atomic E-state index is 10.5. The van der Waals surface area contributed by atoms with Crippen LogP contribution in [0.4, 0.5) is 0 Å². The molecule has 1 rings (SSSR count). The second-order valence-corrected chi connectivity index (χ2v) is 3.62. The molecule has 0 unspecified atom stereocenters. The SMILES string of the molecule is C=CC=CC=Cc1cccc(CCC(=O)O)c1. The van der Waals surface area contributed by atoms with Gasteiger partial charge in [0.25, 0.3) is 0 Å². The average molecular weight is 228 g/mol. The van der Waals surface area contributed by atoms with Crippen molar-refractivity contribution in [2.75, 3.05) is 0 Å². The number of hydrogen-bond acceptors (Lipinski definition) is 1. The summed E-state index contributed by atoms with van der Waals surface area (Å²) in [5, 5.41) is 8.61. The maximum Gasteiger partial charge on any atom is 0.303 e. The van der Waals surface area contributed by atoms with Crippen molar-refractivity contribution in [3.63, 3.8) is 0 Å². The van der Waals surface area contributed by atoms with E-state index in [1.54, 1.807) is 6.08 Å². The summed E-state index contributed by atoms with van der Waals surface area (Å²) in [7, 11) is 0. The number of rotatable bonds is 6. The Morgan fingerprint density at radius 1 is 1.29 bits per heavy atom. The van der Waals surface area contributed by atoms with E-state index in [2.05, 4.69) is 6.58 Å². The summed E-state index contributed by atoms with van der Waals surface area (Å²) in [4.78, 5) is 10.5. The number of carbonyl (C=O) groups is 1. The molecular weight excluding hydrogens is 212 g/mol. The minimum Gasteiger partial charge on any atom is -0.481 e. The summed E-state index contributed by atoms with van der Waals surface area (Å²) >= 11 is 0. The third kappa shape index (κ3) is 5.52. The summed E-state index contributed by atoms with van der Waals surface area (Å²) in [5.74, 6) is -0.764. The van der Waals surface area contributed by atoms with E-state index in [0.717, 1.165) is 11.1 Å². The van der Waals surface area contributed by atoms with E-state index in [0.29, 0.717) is 6.42 Å². The molecule has 0 bridgehead atoms. The Hall–Kier alpha value is -2.09. The lowest BCUT2D eigenvalue weighted by Gasteiger charge is -2.00. The van der Waals surface area contributed by atoms with Gasteiger partial charge >= 0.3 is 5.97 Å². The molecule has 1 N–H and O–H groups in total. The van der Waals surface area contributed by atoms with E-state index in [1.807, 2.05) is 48.6 Å². The summed E-state index contributed by atoms with van der Waals surface area (Å²) in [6.45, 7) is 3.58. The standard InChI is InChI=1S/C15H16O2/c1-2-3-4-5-7-13-8-6-9-14(12-13)10-11-15(16)17/h2-9,12H,1,10-11H2,(H,16,17). The van der Waals surface area contributed by atoms with E-state index < -0.39 is 5.97 Å². The van der Waals surface area contributed by atoms with Crippen LogP contribution < -0.4 is 0 Å². The van der Waals surface area contributed by atoms with Crippen LogP contribution in [0.3, 0.4) is 0 Å². The van der Waals surface area contributed by atoms with Crippen LogP contribution in [0.1, 0.15) is 17.5 Å². The normalized spacial score (nSPS) is 11.1. The fraction of sp³-hybridized carbons (Fsp3) is 0.133. The Morgan fingerprint density at radius 2 is 2.12 bits per heavy atom. The molecule has 88 valence electrons. The molecule has 0 heterocycles. The molecule has 0 atom stereocenters. The van der Waals surface area contributed by atoms with E-state index in [1.165, 1.54) is 0 Å². The molecule has 17 heavy (non-hydrogen) atoms. The van der Waals surface area contributed by atoms with Crippen molar-refractivity contribution in [2.24, 2.45) is 0 Å². The maximum atomic E-state index is 10.5. The number of carboxylic acids is 1. The Bertz CT molecular complexity index is 442. The third-order valence-electron chi connectivity index (χ3n) is 2.23. The van der Waals surface area contributed by atoms with Gasteiger partial charge in [-0.05, 0) is 17.5 Å². The van der Waals surface area contributed by atoms with Crippen LogP contribution in [0, 0.1) is 0 Å². The molecule has 0 fully saturated rings. The van der Waals surface area contributed by atoms with Gasteiger partial charge in [-0.3, -0.25) is 4.79 Å². The molecule has 0 aromatic heterocycles. The molecule has 1 aromatic rings. The van der Waals surface area contributed by atoms with Crippen LogP contribution in [-0.2, 0) is 11.2 Å². The molecule has 0 aliphatic carbocycles. The Balaban J connectivity index is 2.65. The highest BCUT2D eigenvalue weighted by Crippen LogP contribution is 2.09. The molecule has 0 saturated heterocycles. The number of carboxylic acid groups (broad SMARTS) is 1. The van der Waals surface area contributed by atoms with Crippen LogP contribution in [0.2, 0.25) is 0 Å². The quantitative estimate of drug-likeness (QED) is 0.757. The number of allylic oxidation sites excluding steroid dienone is 4. The molecule has 0 amide bonds. The van der Waals surface area contributed by atoms with E-state index in [4.69, 9.17) is 5.11 Å². The highest BCUT2D eigenvalue weighted by molar-refractivity contribution is 5.67. The van der Waals surface area contributed by atoms with Gasteiger partial charge in [0.05, 0.1) is 0 Å². The van der Waals surface area contributed by atoms with Crippen LogP contribution in [-0.4, -0.2) is 11.1 Å². The fourth-order valence-electron chi connectivity index (χ4n) is 1.41. The number of benzene rings is 1. The lowest BCUT2D eigenvalue weighted by molar-refractivity contribution is -0.136. The van der Waals surface area contributed by atoms with Crippen LogP contribution in [0.5, 0.6) is 0 Å². The van der Waals surface area contributed by atoms with Crippen molar-refractivity contribution >= 4 is 12.0 Å². The van der Waals surface area contributed by atoms with Crippen molar-refractivity contribution in [1.29, 1.82) is 0 Å². The first kappa shape index (κ1) is 13.0. The first-order chi connectivity index (χ1) is 8.22. The number of aliphatic carboxylic acids is 1. The average Bonchev–Trinajstić information content (AvgIpc) is 2.33. The van der Waals surface area contributed by atoms with Gasteiger partial charge in [0.2, 0.25) is 0 Å². The van der Waals surface area contributed by atoms with Crippen LogP contribution >= 0.6 is 0 Å². The van der Waals surface area contributed by atoms with Gasteiger partial charge in [-0.25, -0.2) is 0 Å². The van der Waals surface area contributed by atoms with Gasteiger partial charge in [0.1, 0.15) is 0 Å². The van der Waals surface area contributed by atoms with Crippen molar-refractivity contribution in [1.82, 2.24) is 0 Å². The van der Waals surface area contributed by atoms with Crippen molar-refractivity contribution < 1.29 is 9.90 Å². The zero-order valence-electron chi connectivity index (χ0n) is 9.67. The van der Waals surface area contributed by atoms with Gasteiger partial charge < -0.3 is 5.11 Å². The molecule has 2 heteroatoms. The van der Waals surface area contributed by atoms with E-state index in [-0.39, 0.29) is 6.42 Å². The van der Waals surface area contributed by atoms with E-state index >= 15 is 0 Å². The molecule has 2 nitrogen and oxygen atoms in total. The molecule has 0 saturated carbocycles. The highest BCUT2D eigenvalue weighted by Gasteiger charge is 1.98. The van der Waals surface area contributed by atoms with Crippen LogP contribution in [0.25, 0.3) is 6.08 Å². The molecular formula is C15H16O2. The van der Waals surface area contributed by atoms with Gasteiger partial charge in [-0.15, -0.1) is 0 Å². The zero-order chi connectivity index (χ0) is 12.5. The Labute approximate surface area is 102 Å². The summed E-state index contributed by atoms with van der Waals surface area (Å²) in [6, 6.07) is 7.87. The minimum atomic E-state index is -0.764. The number of hydrogen-bond donors (Lipinski definition) is 1. The van der Waals surface area contributed by atoms with Gasteiger partial charge in [-0.2, -0.15) is 0 Å². The predicted octanol–water partition coefficient (Wildman–Crippen LogP) is 3.46. The van der Waals surface area contributed by atoms with Crippen LogP contribution in [0.15, 0.2) is 55.1 Å². The fourth-order valence-corrected chi connectivity index (χ4v) is 1.41. The smallest absolute Gasteiger partial charge is 0.303 e. The number of aryl methyl sites for hydroxylation is 1. The monoisotopic (exact) mass is 228 g/mol. The van der Waals surface area contributed by atoms with Gasteiger partial charge in [0.15, 0.2) is 0 Å². The summed E-state index contributed by atoms with van der Waals surface area (Å²) in [5.41, 5.74) is 2.11. The largest absolute Gasteiger partial charge is 0.481 e. The third-order valence-corrected chi connectivity index (χ3v) is 2.23. The minimum absolute atomic E-state index is 0.170. The Morgan fingerprint density at radius 3 is 2.82 bits per heavy atom. The Kier molecular flexibility index (Phi) is 5.52. The lowest BCUT2D eigenvalue weighted by atomic mass is 10.1. The summed E-state index contributed by atoms with van der Waals surface area (Å²) < 4.78 is 0. The zero-order valence-corrected chi connectivity index (χ0v) is 9.67. The van der Waals surface area contributed by atoms with Gasteiger partial charge in [0, 0.05) is 6.42 Å². The molecule has 0 radical (unpaired) electrons. The molecule has 0 spiro atoms. The van der Waals surface area contributed by atoms with Gasteiger partial charge in [-0.1, -0.05) is 61.2 Å². The lowest BCUT2D eigenvalue weighted by Crippen LogP contribution is -1.97. The second-order valence-electron chi connectivity index (χ2n) is 3.62. The van der Waals surface area contributed by atoms with Crippen molar-refractivity contribution in [2.45, 2.75) is 12.8 Å². The molecule has 0 aliphatic rings. The molecule has 1 aromatic carbocycles. The second kappa shape index (κ2) is 7.23. The topological polar surface area (TPSA) is 37.3 Å². The first-order valence-electron chi connectivity index (χ1n) is 5.49. The first-order valence-corrected chi connectivity index (χ1v) is 5.49.